The SMILES string of the molecule is O=C(O)CN(Cc1ccc(Cl)cc1)C(=O)CN1CCCS1(=O)=O. The summed E-state index contributed by atoms with van der Waals surface area (Å²) in [5.74, 6) is -1.67. The molecule has 1 heterocycles. The van der Waals surface area contributed by atoms with Gasteiger partial charge in [0, 0.05) is 18.1 Å². The molecule has 0 unspecified atom stereocenters. The summed E-state index contributed by atoms with van der Waals surface area (Å²) >= 11 is 5.79. The van der Waals surface area contributed by atoms with Crippen molar-refractivity contribution in [3.63, 3.8) is 0 Å². The molecule has 9 heteroatoms. The van der Waals surface area contributed by atoms with Gasteiger partial charge < -0.3 is 10.0 Å². The molecule has 0 bridgehead atoms. The van der Waals surface area contributed by atoms with Crippen LogP contribution in [0, 0.1) is 0 Å². The van der Waals surface area contributed by atoms with Crippen molar-refractivity contribution < 1.29 is 23.1 Å². The van der Waals surface area contributed by atoms with Crippen LogP contribution in [0.15, 0.2) is 24.3 Å². The number of hydrogen-bond donors (Lipinski definition) is 1. The fraction of sp³-hybridized carbons (Fsp3) is 0.429. The summed E-state index contributed by atoms with van der Waals surface area (Å²) in [7, 11) is -3.40. The number of amides is 1. The summed E-state index contributed by atoms with van der Waals surface area (Å²) in [5.41, 5.74) is 0.716. The van der Waals surface area contributed by atoms with Crippen molar-refractivity contribution in [2.75, 3.05) is 25.4 Å². The van der Waals surface area contributed by atoms with Gasteiger partial charge in [-0.3, -0.25) is 9.59 Å². The van der Waals surface area contributed by atoms with Gasteiger partial charge in [0.25, 0.3) is 0 Å². The Morgan fingerprint density at radius 1 is 1.26 bits per heavy atom. The Hall–Kier alpha value is -1.64. The lowest BCUT2D eigenvalue weighted by Crippen LogP contribution is -2.42. The van der Waals surface area contributed by atoms with Crippen molar-refractivity contribution in [3.8, 4) is 0 Å². The second-order valence-electron chi connectivity index (χ2n) is 5.27. The van der Waals surface area contributed by atoms with E-state index in [-0.39, 0.29) is 25.4 Å². The minimum absolute atomic E-state index is 0.0242. The smallest absolute Gasteiger partial charge is 0.323 e. The molecule has 1 N–H and O–H groups in total. The van der Waals surface area contributed by atoms with E-state index in [1.165, 1.54) is 0 Å². The maximum atomic E-state index is 12.3. The first-order chi connectivity index (χ1) is 10.8. The van der Waals surface area contributed by atoms with Crippen LogP contribution >= 0.6 is 11.6 Å². The zero-order valence-corrected chi connectivity index (χ0v) is 13.9. The number of rotatable bonds is 6. The van der Waals surface area contributed by atoms with Gasteiger partial charge in [0.15, 0.2) is 0 Å². The number of sulfonamides is 1. The maximum absolute atomic E-state index is 12.3. The summed E-state index contributed by atoms with van der Waals surface area (Å²) in [6.45, 7) is -0.454. The van der Waals surface area contributed by atoms with Gasteiger partial charge in [-0.2, -0.15) is 4.31 Å². The Morgan fingerprint density at radius 2 is 1.91 bits per heavy atom. The molecule has 7 nitrogen and oxygen atoms in total. The van der Waals surface area contributed by atoms with Crippen LogP contribution in [0.4, 0.5) is 0 Å². The van der Waals surface area contributed by atoms with E-state index >= 15 is 0 Å². The monoisotopic (exact) mass is 360 g/mol. The summed E-state index contributed by atoms with van der Waals surface area (Å²) in [6, 6.07) is 6.67. The van der Waals surface area contributed by atoms with E-state index in [4.69, 9.17) is 16.7 Å². The molecule has 0 spiro atoms. The van der Waals surface area contributed by atoms with Crippen molar-refractivity contribution in [1.82, 2.24) is 9.21 Å². The van der Waals surface area contributed by atoms with Gasteiger partial charge in [0.1, 0.15) is 6.54 Å². The van der Waals surface area contributed by atoms with Crippen LogP contribution in [-0.4, -0.2) is 60.0 Å². The number of carbonyl (C=O) groups is 2. The van der Waals surface area contributed by atoms with Crippen molar-refractivity contribution in [2.45, 2.75) is 13.0 Å². The molecule has 0 radical (unpaired) electrons. The fourth-order valence-electron chi connectivity index (χ4n) is 2.33. The van der Waals surface area contributed by atoms with Crippen LogP contribution in [0.2, 0.25) is 5.02 Å². The Labute approximate surface area is 139 Å². The minimum Gasteiger partial charge on any atom is -0.480 e. The number of benzene rings is 1. The Kier molecular flexibility index (Phi) is 5.61. The number of carbonyl (C=O) groups excluding carboxylic acids is 1. The van der Waals surface area contributed by atoms with E-state index in [0.717, 1.165) is 9.21 Å². The van der Waals surface area contributed by atoms with Crippen LogP contribution in [0.25, 0.3) is 0 Å². The highest BCUT2D eigenvalue weighted by Gasteiger charge is 2.31. The predicted molar refractivity (Wildman–Crippen MR) is 84.5 cm³/mol. The molecule has 1 fully saturated rings. The average molecular weight is 361 g/mol. The number of carboxylic acid groups (broad SMARTS) is 1. The van der Waals surface area contributed by atoms with Crippen LogP contribution in [-0.2, 0) is 26.2 Å². The van der Waals surface area contributed by atoms with Gasteiger partial charge in [0.05, 0.1) is 12.3 Å². The lowest BCUT2D eigenvalue weighted by Gasteiger charge is -2.23. The lowest BCUT2D eigenvalue weighted by atomic mass is 10.2. The minimum atomic E-state index is -3.40. The van der Waals surface area contributed by atoms with Gasteiger partial charge >= 0.3 is 5.97 Å². The molecule has 1 amide bonds. The molecule has 126 valence electrons. The zero-order valence-electron chi connectivity index (χ0n) is 12.3. The van der Waals surface area contributed by atoms with Gasteiger partial charge in [-0.05, 0) is 24.1 Å². The third-order valence-electron chi connectivity index (χ3n) is 3.48. The predicted octanol–water partition coefficient (Wildman–Crippen LogP) is 0.789. The molecule has 0 aromatic heterocycles. The Bertz CT molecular complexity index is 690. The normalized spacial score (nSPS) is 17.1. The zero-order chi connectivity index (χ0) is 17.0. The van der Waals surface area contributed by atoms with Gasteiger partial charge in [-0.1, -0.05) is 23.7 Å². The molecule has 1 aromatic carbocycles. The highest BCUT2D eigenvalue weighted by atomic mass is 35.5. The molecule has 1 saturated heterocycles. The molecule has 0 saturated carbocycles. The summed E-state index contributed by atoms with van der Waals surface area (Å²) in [4.78, 5) is 24.4. The second-order valence-corrected chi connectivity index (χ2v) is 7.80. The molecule has 1 aliphatic heterocycles. The largest absolute Gasteiger partial charge is 0.480 e. The number of halogens is 1. The molecule has 0 atom stereocenters. The lowest BCUT2D eigenvalue weighted by molar-refractivity contribution is -0.144. The van der Waals surface area contributed by atoms with Crippen LogP contribution < -0.4 is 0 Å². The maximum Gasteiger partial charge on any atom is 0.323 e. The van der Waals surface area contributed by atoms with Gasteiger partial charge in [-0.25, -0.2) is 8.42 Å². The first-order valence-corrected chi connectivity index (χ1v) is 8.98. The Balaban J connectivity index is 2.09. The van der Waals surface area contributed by atoms with Gasteiger partial charge in [-0.15, -0.1) is 0 Å². The van der Waals surface area contributed by atoms with Crippen LogP contribution in [0.1, 0.15) is 12.0 Å². The molecule has 1 aliphatic rings. The van der Waals surface area contributed by atoms with Gasteiger partial charge in [0.2, 0.25) is 15.9 Å². The number of aliphatic carboxylic acids is 1. The highest BCUT2D eigenvalue weighted by molar-refractivity contribution is 7.89. The van der Waals surface area contributed by atoms with Crippen molar-refractivity contribution in [1.29, 1.82) is 0 Å². The number of carboxylic acids is 1. The molecule has 1 aromatic rings. The third kappa shape index (κ3) is 4.92. The van der Waals surface area contributed by atoms with Crippen molar-refractivity contribution in [3.05, 3.63) is 34.9 Å². The fourth-order valence-corrected chi connectivity index (χ4v) is 3.92. The van der Waals surface area contributed by atoms with E-state index in [1.54, 1.807) is 24.3 Å². The van der Waals surface area contributed by atoms with Crippen LogP contribution in [0.3, 0.4) is 0 Å². The van der Waals surface area contributed by atoms with E-state index in [2.05, 4.69) is 0 Å². The van der Waals surface area contributed by atoms with E-state index in [1.807, 2.05) is 0 Å². The first kappa shape index (κ1) is 17.7. The standard InChI is InChI=1S/C14H17ClN2O5S/c15-12-4-2-11(3-5-12)8-16(10-14(19)20)13(18)9-17-6-1-7-23(17,21)22/h2-5H,1,6-10H2,(H,19,20). The van der Waals surface area contributed by atoms with Crippen molar-refractivity contribution >= 4 is 33.5 Å². The molecule has 2 rings (SSSR count). The summed E-state index contributed by atoms with van der Waals surface area (Å²) < 4.78 is 24.6. The molecule has 23 heavy (non-hydrogen) atoms. The highest BCUT2D eigenvalue weighted by Crippen LogP contribution is 2.15. The van der Waals surface area contributed by atoms with Crippen LogP contribution in [0.5, 0.6) is 0 Å². The van der Waals surface area contributed by atoms with E-state index in [9.17, 15) is 18.0 Å². The van der Waals surface area contributed by atoms with E-state index < -0.39 is 28.4 Å². The average Bonchev–Trinajstić information content (AvgIpc) is 2.79. The number of hydrogen-bond acceptors (Lipinski definition) is 4. The summed E-state index contributed by atoms with van der Waals surface area (Å²) in [6.07, 6.45) is 0.478. The Morgan fingerprint density at radius 3 is 2.43 bits per heavy atom. The second kappa shape index (κ2) is 7.29. The quantitative estimate of drug-likeness (QED) is 0.809. The first-order valence-electron chi connectivity index (χ1n) is 7.00. The molecular weight excluding hydrogens is 344 g/mol. The van der Waals surface area contributed by atoms with E-state index in [0.29, 0.717) is 17.0 Å². The number of nitrogens with zero attached hydrogens (tertiary/aromatic N) is 2. The topological polar surface area (TPSA) is 95.0 Å². The summed E-state index contributed by atoms with van der Waals surface area (Å²) in [5, 5.41) is 9.51. The third-order valence-corrected chi connectivity index (χ3v) is 5.64. The molecule has 0 aliphatic carbocycles. The van der Waals surface area contributed by atoms with Crippen molar-refractivity contribution in [2.24, 2.45) is 0 Å². The molecular formula is C14H17ClN2O5S.